The molecule has 0 spiro atoms. The molecule has 5 heteroatoms. The summed E-state index contributed by atoms with van der Waals surface area (Å²) in [6, 6.07) is 0.153. The van der Waals surface area contributed by atoms with Crippen molar-refractivity contribution in [3.63, 3.8) is 0 Å². The van der Waals surface area contributed by atoms with E-state index in [4.69, 9.17) is 9.47 Å². The van der Waals surface area contributed by atoms with E-state index >= 15 is 0 Å². The first-order valence-corrected chi connectivity index (χ1v) is 7.51. The molecule has 0 aromatic rings. The van der Waals surface area contributed by atoms with Crippen molar-refractivity contribution in [1.82, 2.24) is 10.6 Å². The third-order valence-electron chi connectivity index (χ3n) is 3.94. The van der Waals surface area contributed by atoms with Gasteiger partial charge in [0.1, 0.15) is 0 Å². The summed E-state index contributed by atoms with van der Waals surface area (Å²) in [5, 5.41) is 6.25. The van der Waals surface area contributed by atoms with Crippen LogP contribution in [0.4, 0.5) is 0 Å². The van der Waals surface area contributed by atoms with Crippen molar-refractivity contribution in [2.75, 3.05) is 32.9 Å². The third-order valence-corrected chi connectivity index (χ3v) is 3.94. The lowest BCUT2D eigenvalue weighted by molar-refractivity contribution is -0.125. The highest BCUT2D eigenvalue weighted by Gasteiger charge is 2.33. The van der Waals surface area contributed by atoms with Gasteiger partial charge in [-0.2, -0.15) is 0 Å². The lowest BCUT2D eigenvalue weighted by atomic mass is 10.0. The normalized spacial score (nSPS) is 27.8. The van der Waals surface area contributed by atoms with E-state index in [2.05, 4.69) is 10.6 Å². The Kier molecular flexibility index (Phi) is 6.07. The maximum Gasteiger partial charge on any atom is 0.227 e. The Morgan fingerprint density at radius 2 is 2.11 bits per heavy atom. The molecule has 2 N–H and O–H groups in total. The minimum absolute atomic E-state index is 0.0635. The molecule has 2 fully saturated rings. The van der Waals surface area contributed by atoms with E-state index in [1.54, 1.807) is 0 Å². The molecule has 110 valence electrons. The Hall–Kier alpha value is -0.650. The Balaban J connectivity index is 1.60. The zero-order valence-electron chi connectivity index (χ0n) is 11.8. The molecule has 1 amide bonds. The van der Waals surface area contributed by atoms with Crippen LogP contribution in [0.15, 0.2) is 0 Å². The Morgan fingerprint density at radius 1 is 1.32 bits per heavy atom. The van der Waals surface area contributed by atoms with Crippen LogP contribution in [0.5, 0.6) is 0 Å². The van der Waals surface area contributed by atoms with Crippen LogP contribution < -0.4 is 10.6 Å². The molecule has 1 heterocycles. The third kappa shape index (κ3) is 4.44. The van der Waals surface area contributed by atoms with E-state index < -0.39 is 0 Å². The van der Waals surface area contributed by atoms with Gasteiger partial charge >= 0.3 is 0 Å². The van der Waals surface area contributed by atoms with Gasteiger partial charge in [0, 0.05) is 12.6 Å². The Labute approximate surface area is 115 Å². The van der Waals surface area contributed by atoms with Crippen molar-refractivity contribution in [2.24, 2.45) is 5.92 Å². The SMILES string of the molecule is CCNC1COCC1C(=O)NCCOC1CCCC1. The number of rotatable bonds is 7. The molecule has 2 aliphatic rings. The topological polar surface area (TPSA) is 59.6 Å². The van der Waals surface area contributed by atoms with Gasteiger partial charge in [-0.1, -0.05) is 19.8 Å². The molecule has 2 unspecified atom stereocenters. The molecule has 0 aromatic heterocycles. The smallest absolute Gasteiger partial charge is 0.227 e. The number of amides is 1. The average Bonchev–Trinajstić information content (AvgIpc) is 3.05. The van der Waals surface area contributed by atoms with Gasteiger partial charge in [0.15, 0.2) is 0 Å². The highest BCUT2D eigenvalue weighted by molar-refractivity contribution is 5.79. The standard InChI is InChI=1S/C14H26N2O3/c1-2-15-13-10-18-9-12(13)14(17)16-7-8-19-11-5-3-4-6-11/h11-13,15H,2-10H2,1H3,(H,16,17). The van der Waals surface area contributed by atoms with Crippen LogP contribution in [-0.2, 0) is 14.3 Å². The molecular formula is C14H26N2O3. The minimum atomic E-state index is -0.0635. The van der Waals surface area contributed by atoms with Gasteiger partial charge in [0.05, 0.1) is 31.8 Å². The summed E-state index contributed by atoms with van der Waals surface area (Å²) in [6.07, 6.45) is 5.32. The van der Waals surface area contributed by atoms with Crippen LogP contribution in [0.25, 0.3) is 0 Å². The van der Waals surface area contributed by atoms with Crippen molar-refractivity contribution in [2.45, 2.75) is 44.8 Å². The predicted molar refractivity (Wildman–Crippen MR) is 73.0 cm³/mol. The molecule has 0 radical (unpaired) electrons. The van der Waals surface area contributed by atoms with E-state index in [0.717, 1.165) is 6.54 Å². The number of hydrogen-bond acceptors (Lipinski definition) is 4. The van der Waals surface area contributed by atoms with Crippen molar-refractivity contribution < 1.29 is 14.3 Å². The second kappa shape index (κ2) is 7.82. The maximum absolute atomic E-state index is 12.0. The van der Waals surface area contributed by atoms with Crippen molar-refractivity contribution in [3.8, 4) is 0 Å². The largest absolute Gasteiger partial charge is 0.379 e. The predicted octanol–water partition coefficient (Wildman–Crippen LogP) is 0.686. The molecule has 19 heavy (non-hydrogen) atoms. The van der Waals surface area contributed by atoms with Crippen molar-refractivity contribution in [3.05, 3.63) is 0 Å². The summed E-state index contributed by atoms with van der Waals surface area (Å²) < 4.78 is 11.1. The molecule has 5 nitrogen and oxygen atoms in total. The second-order valence-electron chi connectivity index (χ2n) is 5.38. The van der Waals surface area contributed by atoms with E-state index in [0.29, 0.717) is 32.5 Å². The zero-order valence-corrected chi connectivity index (χ0v) is 11.8. The van der Waals surface area contributed by atoms with Gasteiger partial charge in [-0.25, -0.2) is 0 Å². The summed E-state index contributed by atoms with van der Waals surface area (Å²) in [7, 11) is 0. The Morgan fingerprint density at radius 3 is 2.84 bits per heavy atom. The quantitative estimate of drug-likeness (QED) is 0.668. The first-order chi connectivity index (χ1) is 9.31. The molecule has 1 aliphatic heterocycles. The highest BCUT2D eigenvalue weighted by Crippen LogP contribution is 2.20. The van der Waals surface area contributed by atoms with Crippen LogP contribution in [0.2, 0.25) is 0 Å². The summed E-state index contributed by atoms with van der Waals surface area (Å²) in [5.74, 6) is 0.0184. The van der Waals surface area contributed by atoms with E-state index in [-0.39, 0.29) is 17.9 Å². The van der Waals surface area contributed by atoms with Gasteiger partial charge in [0.2, 0.25) is 5.91 Å². The number of carbonyl (C=O) groups is 1. The monoisotopic (exact) mass is 270 g/mol. The van der Waals surface area contributed by atoms with Gasteiger partial charge in [-0.05, 0) is 19.4 Å². The van der Waals surface area contributed by atoms with Crippen LogP contribution in [0.3, 0.4) is 0 Å². The van der Waals surface area contributed by atoms with Crippen LogP contribution in [0.1, 0.15) is 32.6 Å². The van der Waals surface area contributed by atoms with Gasteiger partial charge in [-0.15, -0.1) is 0 Å². The van der Waals surface area contributed by atoms with Crippen LogP contribution in [0, 0.1) is 5.92 Å². The molecule has 0 aromatic carbocycles. The molecule has 0 bridgehead atoms. The van der Waals surface area contributed by atoms with Gasteiger partial charge < -0.3 is 20.1 Å². The Bertz CT molecular complexity index is 280. The molecule has 2 atom stereocenters. The molecule has 1 saturated heterocycles. The number of carbonyl (C=O) groups excluding carboxylic acids is 1. The average molecular weight is 270 g/mol. The first-order valence-electron chi connectivity index (χ1n) is 7.51. The zero-order chi connectivity index (χ0) is 13.5. The van der Waals surface area contributed by atoms with Gasteiger partial charge in [-0.3, -0.25) is 4.79 Å². The first kappa shape index (κ1) is 14.8. The van der Waals surface area contributed by atoms with E-state index in [1.165, 1.54) is 25.7 Å². The second-order valence-corrected chi connectivity index (χ2v) is 5.38. The summed E-state index contributed by atoms with van der Waals surface area (Å²) >= 11 is 0. The number of nitrogens with one attached hydrogen (secondary N) is 2. The number of likely N-dealkylation sites (N-methyl/N-ethyl adjacent to an activating group) is 1. The lowest BCUT2D eigenvalue weighted by Crippen LogP contribution is -2.44. The number of ether oxygens (including phenoxy) is 2. The van der Waals surface area contributed by atoms with E-state index in [1.807, 2.05) is 6.92 Å². The highest BCUT2D eigenvalue weighted by atomic mass is 16.5. The fourth-order valence-corrected chi connectivity index (χ4v) is 2.86. The number of hydrogen-bond donors (Lipinski definition) is 2. The van der Waals surface area contributed by atoms with E-state index in [9.17, 15) is 4.79 Å². The van der Waals surface area contributed by atoms with Gasteiger partial charge in [0.25, 0.3) is 0 Å². The molecule has 1 aliphatic carbocycles. The summed E-state index contributed by atoms with van der Waals surface area (Å²) in [5.41, 5.74) is 0. The lowest BCUT2D eigenvalue weighted by Gasteiger charge is -2.18. The fourth-order valence-electron chi connectivity index (χ4n) is 2.86. The summed E-state index contributed by atoms with van der Waals surface area (Å²) in [6.45, 7) is 5.28. The van der Waals surface area contributed by atoms with Crippen LogP contribution in [-0.4, -0.2) is 51.0 Å². The fraction of sp³-hybridized carbons (Fsp3) is 0.929. The molecule has 2 rings (SSSR count). The minimum Gasteiger partial charge on any atom is -0.379 e. The molecular weight excluding hydrogens is 244 g/mol. The van der Waals surface area contributed by atoms with Crippen LogP contribution >= 0.6 is 0 Å². The van der Waals surface area contributed by atoms with Crippen molar-refractivity contribution in [1.29, 1.82) is 0 Å². The molecule has 1 saturated carbocycles. The summed E-state index contributed by atoms with van der Waals surface area (Å²) in [4.78, 5) is 12.0. The maximum atomic E-state index is 12.0. The van der Waals surface area contributed by atoms with Crippen molar-refractivity contribution >= 4 is 5.91 Å².